The lowest BCUT2D eigenvalue weighted by molar-refractivity contribution is 0.830. The van der Waals surface area contributed by atoms with Gasteiger partial charge in [0.05, 0.1) is 11.1 Å². The summed E-state index contributed by atoms with van der Waals surface area (Å²) >= 11 is 0. The molecule has 3 rings (SSSR count). The van der Waals surface area contributed by atoms with Crippen molar-refractivity contribution in [3.05, 3.63) is 29.3 Å². The van der Waals surface area contributed by atoms with E-state index in [2.05, 4.69) is 42.3 Å². The molecule has 0 unspecified atom stereocenters. The van der Waals surface area contributed by atoms with Gasteiger partial charge >= 0.3 is 0 Å². The van der Waals surface area contributed by atoms with Gasteiger partial charge in [0.1, 0.15) is 11.9 Å². The standard InChI is InChI=1S/C17H20N4/c1-3-21(4-2)17-14(11-18)8-13-10-15-12(6-5-7-19-15)9-16(13)20-17/h8-10,19H,3-7H2,1-2H3. The quantitative estimate of drug-likeness (QED) is 0.937. The number of aromatic nitrogens is 1. The average molecular weight is 280 g/mol. The maximum Gasteiger partial charge on any atom is 0.147 e. The SMILES string of the molecule is CCN(CC)c1nc2cc3c(cc2cc1C#N)NCCC3. The van der Waals surface area contributed by atoms with Crippen LogP contribution in [-0.2, 0) is 6.42 Å². The molecule has 0 saturated carbocycles. The molecule has 1 aliphatic rings. The minimum atomic E-state index is 0.655. The number of nitrogens with one attached hydrogen (secondary N) is 1. The van der Waals surface area contributed by atoms with Crippen LogP contribution in [0.2, 0.25) is 0 Å². The zero-order valence-electron chi connectivity index (χ0n) is 12.6. The second kappa shape index (κ2) is 5.61. The highest BCUT2D eigenvalue weighted by atomic mass is 15.2. The van der Waals surface area contributed by atoms with Crippen molar-refractivity contribution in [2.75, 3.05) is 29.9 Å². The van der Waals surface area contributed by atoms with Crippen LogP contribution in [0.4, 0.5) is 11.5 Å². The Morgan fingerprint density at radius 3 is 2.81 bits per heavy atom. The summed E-state index contributed by atoms with van der Waals surface area (Å²) < 4.78 is 0. The Labute approximate surface area is 125 Å². The first-order valence-electron chi connectivity index (χ1n) is 7.63. The molecule has 4 nitrogen and oxygen atoms in total. The smallest absolute Gasteiger partial charge is 0.147 e. The van der Waals surface area contributed by atoms with E-state index in [4.69, 9.17) is 4.98 Å². The summed E-state index contributed by atoms with van der Waals surface area (Å²) in [6, 6.07) is 8.56. The molecular weight excluding hydrogens is 260 g/mol. The van der Waals surface area contributed by atoms with E-state index in [0.29, 0.717) is 5.56 Å². The van der Waals surface area contributed by atoms with Gasteiger partial charge in [-0.2, -0.15) is 5.26 Å². The Morgan fingerprint density at radius 2 is 2.10 bits per heavy atom. The van der Waals surface area contributed by atoms with E-state index in [1.54, 1.807) is 0 Å². The van der Waals surface area contributed by atoms with E-state index in [1.165, 1.54) is 11.3 Å². The van der Waals surface area contributed by atoms with Crippen LogP contribution < -0.4 is 10.2 Å². The fourth-order valence-corrected chi connectivity index (χ4v) is 2.97. The van der Waals surface area contributed by atoms with Crippen molar-refractivity contribution in [3.63, 3.8) is 0 Å². The highest BCUT2D eigenvalue weighted by Gasteiger charge is 2.15. The molecule has 0 spiro atoms. The Kier molecular flexibility index (Phi) is 3.66. The normalized spacial score (nSPS) is 13.4. The molecule has 21 heavy (non-hydrogen) atoms. The topological polar surface area (TPSA) is 52.0 Å². The van der Waals surface area contributed by atoms with Crippen LogP contribution in [0.15, 0.2) is 18.2 Å². The molecule has 4 heteroatoms. The van der Waals surface area contributed by atoms with Gasteiger partial charge < -0.3 is 10.2 Å². The fraction of sp³-hybridized carbons (Fsp3) is 0.412. The molecule has 0 amide bonds. The molecule has 0 fully saturated rings. The molecule has 0 aliphatic carbocycles. The summed E-state index contributed by atoms with van der Waals surface area (Å²) in [5.74, 6) is 0.804. The summed E-state index contributed by atoms with van der Waals surface area (Å²) in [7, 11) is 0. The first-order chi connectivity index (χ1) is 10.3. The highest BCUT2D eigenvalue weighted by Crippen LogP contribution is 2.30. The summed E-state index contributed by atoms with van der Waals surface area (Å²) in [6.45, 7) is 6.92. The third-order valence-corrected chi connectivity index (χ3v) is 4.14. The van der Waals surface area contributed by atoms with Gasteiger partial charge in [0, 0.05) is 30.7 Å². The Balaban J connectivity index is 2.19. The summed E-state index contributed by atoms with van der Waals surface area (Å²) in [4.78, 5) is 6.91. The largest absolute Gasteiger partial charge is 0.385 e. The zero-order chi connectivity index (χ0) is 14.8. The highest BCUT2D eigenvalue weighted by molar-refractivity contribution is 5.87. The Morgan fingerprint density at radius 1 is 1.29 bits per heavy atom. The molecule has 1 N–H and O–H groups in total. The number of rotatable bonds is 3. The number of pyridine rings is 1. The van der Waals surface area contributed by atoms with Crippen molar-refractivity contribution < 1.29 is 0 Å². The molecule has 2 heterocycles. The minimum Gasteiger partial charge on any atom is -0.385 e. The number of benzene rings is 1. The maximum absolute atomic E-state index is 9.42. The number of aryl methyl sites for hydroxylation is 1. The first kappa shape index (κ1) is 13.7. The van der Waals surface area contributed by atoms with Crippen LogP contribution in [-0.4, -0.2) is 24.6 Å². The number of fused-ring (bicyclic) bond motifs is 2. The average Bonchev–Trinajstić information content (AvgIpc) is 2.53. The third kappa shape index (κ3) is 2.40. The number of hydrogen-bond donors (Lipinski definition) is 1. The molecule has 1 aromatic carbocycles. The molecule has 0 bridgehead atoms. The lowest BCUT2D eigenvalue weighted by atomic mass is 10.0. The van der Waals surface area contributed by atoms with Gasteiger partial charge in [0.25, 0.3) is 0 Å². The molecular formula is C17H20N4. The summed E-state index contributed by atoms with van der Waals surface area (Å²) in [5.41, 5.74) is 4.16. The van der Waals surface area contributed by atoms with Crippen molar-refractivity contribution in [2.24, 2.45) is 0 Å². The second-order valence-electron chi connectivity index (χ2n) is 5.38. The molecule has 0 saturated heterocycles. The van der Waals surface area contributed by atoms with Crippen LogP contribution in [0.1, 0.15) is 31.4 Å². The zero-order valence-corrected chi connectivity index (χ0v) is 12.6. The Hall–Kier alpha value is -2.28. The summed E-state index contributed by atoms with van der Waals surface area (Å²) in [6.07, 6.45) is 2.26. The first-order valence-corrected chi connectivity index (χ1v) is 7.63. The van der Waals surface area contributed by atoms with Crippen LogP contribution in [0, 0.1) is 11.3 Å². The van der Waals surface area contributed by atoms with Gasteiger partial charge in [-0.25, -0.2) is 4.98 Å². The van der Waals surface area contributed by atoms with Crippen LogP contribution in [0.3, 0.4) is 0 Å². The fourth-order valence-electron chi connectivity index (χ4n) is 2.97. The van der Waals surface area contributed by atoms with Crippen LogP contribution in [0.25, 0.3) is 10.9 Å². The second-order valence-corrected chi connectivity index (χ2v) is 5.38. The van der Waals surface area contributed by atoms with Gasteiger partial charge in [-0.05, 0) is 50.5 Å². The van der Waals surface area contributed by atoms with Crippen molar-refractivity contribution in [2.45, 2.75) is 26.7 Å². The number of hydrogen-bond acceptors (Lipinski definition) is 4. The van der Waals surface area contributed by atoms with E-state index in [0.717, 1.165) is 49.2 Å². The molecule has 2 aromatic rings. The van der Waals surface area contributed by atoms with E-state index in [9.17, 15) is 5.26 Å². The van der Waals surface area contributed by atoms with Gasteiger partial charge in [-0.1, -0.05) is 0 Å². The van der Waals surface area contributed by atoms with Gasteiger partial charge in [-0.15, -0.1) is 0 Å². The van der Waals surface area contributed by atoms with E-state index in [-0.39, 0.29) is 0 Å². The van der Waals surface area contributed by atoms with Gasteiger partial charge in [0.15, 0.2) is 0 Å². The molecule has 0 radical (unpaired) electrons. The minimum absolute atomic E-state index is 0.655. The third-order valence-electron chi connectivity index (χ3n) is 4.14. The van der Waals surface area contributed by atoms with E-state index < -0.39 is 0 Å². The van der Waals surface area contributed by atoms with Gasteiger partial charge in [0.2, 0.25) is 0 Å². The number of anilines is 2. The molecule has 1 aliphatic heterocycles. The van der Waals surface area contributed by atoms with Gasteiger partial charge in [-0.3, -0.25) is 0 Å². The van der Waals surface area contributed by atoms with Crippen LogP contribution >= 0.6 is 0 Å². The number of nitrogens with zero attached hydrogens (tertiary/aromatic N) is 3. The maximum atomic E-state index is 9.42. The summed E-state index contributed by atoms with van der Waals surface area (Å²) in [5, 5.41) is 13.9. The van der Waals surface area contributed by atoms with Crippen molar-refractivity contribution in [1.29, 1.82) is 5.26 Å². The van der Waals surface area contributed by atoms with Crippen molar-refractivity contribution >= 4 is 22.4 Å². The van der Waals surface area contributed by atoms with E-state index in [1.807, 2.05) is 6.07 Å². The van der Waals surface area contributed by atoms with E-state index >= 15 is 0 Å². The molecule has 108 valence electrons. The molecule has 0 atom stereocenters. The lowest BCUT2D eigenvalue weighted by Gasteiger charge is -2.22. The van der Waals surface area contributed by atoms with Crippen molar-refractivity contribution in [1.82, 2.24) is 4.98 Å². The lowest BCUT2D eigenvalue weighted by Crippen LogP contribution is -2.24. The van der Waals surface area contributed by atoms with Crippen LogP contribution in [0.5, 0.6) is 0 Å². The Bertz CT molecular complexity index is 711. The van der Waals surface area contributed by atoms with Crippen molar-refractivity contribution in [3.8, 4) is 6.07 Å². The number of nitriles is 1. The predicted octanol–water partition coefficient (Wildman–Crippen LogP) is 3.31. The monoisotopic (exact) mass is 280 g/mol. The predicted molar refractivity (Wildman–Crippen MR) is 86.8 cm³/mol. The molecule has 1 aromatic heterocycles.